The van der Waals surface area contributed by atoms with Crippen molar-refractivity contribution in [1.29, 1.82) is 0 Å². The Hall–Kier alpha value is -3.16. The lowest BCUT2D eigenvalue weighted by Crippen LogP contribution is -2.46. The maximum Gasteiger partial charge on any atom is 0.309 e. The van der Waals surface area contributed by atoms with Gasteiger partial charge in [-0.15, -0.1) is 11.3 Å². The predicted octanol–water partition coefficient (Wildman–Crippen LogP) is 5.60. The van der Waals surface area contributed by atoms with Crippen molar-refractivity contribution in [3.63, 3.8) is 0 Å². The Morgan fingerprint density at radius 1 is 1.06 bits per heavy atom. The summed E-state index contributed by atoms with van der Waals surface area (Å²) in [7, 11) is 0. The van der Waals surface area contributed by atoms with E-state index in [-0.39, 0.29) is 7.40 Å². The Bertz CT molecular complexity index is 1290. The Balaban J connectivity index is 0.00000289. The molecule has 7 heteroatoms. The van der Waals surface area contributed by atoms with Gasteiger partial charge in [-0.1, -0.05) is 6.07 Å². The zero-order valence-corrected chi connectivity index (χ0v) is 20.2. The van der Waals surface area contributed by atoms with E-state index in [0.717, 1.165) is 62.2 Å². The number of unbranched alkanes of at least 4 members (excludes halogenated alkanes) is 1. The van der Waals surface area contributed by atoms with Crippen molar-refractivity contribution in [2.24, 2.45) is 0 Å². The minimum Gasteiger partial charge on any atom is -0.494 e. The Labute approximate surface area is 205 Å². The van der Waals surface area contributed by atoms with Gasteiger partial charge in [0, 0.05) is 67.8 Å². The number of carbonyl (C=O) groups excluding carboxylic acids is 1. The van der Waals surface area contributed by atoms with Crippen LogP contribution in [0.15, 0.2) is 60.0 Å². The van der Waals surface area contributed by atoms with E-state index >= 15 is 0 Å². The molecule has 2 aromatic carbocycles. The molecule has 0 N–H and O–H groups in total. The van der Waals surface area contributed by atoms with Crippen LogP contribution >= 0.6 is 11.3 Å². The van der Waals surface area contributed by atoms with Crippen molar-refractivity contribution < 1.29 is 15.7 Å². The summed E-state index contributed by atoms with van der Waals surface area (Å²) in [5.74, 6) is 0.723. The lowest BCUT2D eigenvalue weighted by atomic mass is 10.2. The fourth-order valence-corrected chi connectivity index (χ4v) is 5.27. The van der Waals surface area contributed by atoms with E-state index in [9.17, 15) is 4.79 Å². The number of rotatable bonds is 8. The third kappa shape index (κ3) is 5.32. The van der Waals surface area contributed by atoms with E-state index in [1.807, 2.05) is 35.6 Å². The zero-order chi connectivity index (χ0) is 23.3. The number of anilines is 1. The molecule has 34 heavy (non-hydrogen) atoms. The van der Waals surface area contributed by atoms with Crippen LogP contribution in [0.2, 0.25) is 0 Å². The van der Waals surface area contributed by atoms with E-state index in [2.05, 4.69) is 44.4 Å². The van der Waals surface area contributed by atoms with Crippen LogP contribution in [0.3, 0.4) is 0 Å². The molecular weight excluding hydrogens is 446 g/mol. The molecule has 1 fully saturated rings. The van der Waals surface area contributed by atoms with Crippen LogP contribution in [0.25, 0.3) is 21.0 Å². The van der Waals surface area contributed by atoms with Crippen LogP contribution in [0.5, 0.6) is 11.6 Å². The van der Waals surface area contributed by atoms with E-state index in [0.29, 0.717) is 12.5 Å². The standard InChI is InChI=1S/C27H29N3O3S.H2/c1-20(31)33-27-10-8-21-7-9-22(19-24(21)28-27)32-17-3-2-12-29-13-15-30(16-14-29)25-5-4-6-26-23(25)11-18-34-26;/h4-11,18-19H,2-3,12-17H2,1H3;1H. The van der Waals surface area contributed by atoms with Crippen LogP contribution in [0.4, 0.5) is 5.69 Å². The molecule has 5 rings (SSSR count). The second kappa shape index (κ2) is 10.4. The fourth-order valence-electron chi connectivity index (χ4n) is 4.47. The molecule has 1 aliphatic rings. The molecule has 0 spiro atoms. The lowest BCUT2D eigenvalue weighted by molar-refractivity contribution is -0.132. The highest BCUT2D eigenvalue weighted by Crippen LogP contribution is 2.31. The van der Waals surface area contributed by atoms with Crippen molar-refractivity contribution in [2.45, 2.75) is 19.8 Å². The summed E-state index contributed by atoms with van der Waals surface area (Å²) in [6.07, 6.45) is 2.12. The molecule has 4 aromatic rings. The van der Waals surface area contributed by atoms with Gasteiger partial charge >= 0.3 is 5.97 Å². The first-order valence-electron chi connectivity index (χ1n) is 11.8. The summed E-state index contributed by atoms with van der Waals surface area (Å²) in [4.78, 5) is 20.6. The van der Waals surface area contributed by atoms with E-state index < -0.39 is 0 Å². The van der Waals surface area contributed by atoms with Crippen molar-refractivity contribution in [1.82, 2.24) is 9.88 Å². The smallest absolute Gasteiger partial charge is 0.309 e. The number of ether oxygens (including phenoxy) is 2. The van der Waals surface area contributed by atoms with Gasteiger partial charge in [-0.3, -0.25) is 9.69 Å². The average Bonchev–Trinajstić information content (AvgIpc) is 3.33. The number of fused-ring (bicyclic) bond motifs is 2. The highest BCUT2D eigenvalue weighted by atomic mass is 32.1. The molecule has 178 valence electrons. The SMILES string of the molecule is CC(=O)Oc1ccc2ccc(OCCCCN3CCN(c4cccc5sccc45)CC3)cc2n1.[HH]. The Morgan fingerprint density at radius 2 is 1.91 bits per heavy atom. The fraction of sp³-hybridized carbons (Fsp3) is 0.333. The predicted molar refractivity (Wildman–Crippen MR) is 140 cm³/mol. The molecule has 1 saturated heterocycles. The van der Waals surface area contributed by atoms with Gasteiger partial charge < -0.3 is 14.4 Å². The maximum absolute atomic E-state index is 11.2. The topological polar surface area (TPSA) is 54.9 Å². The van der Waals surface area contributed by atoms with E-state index in [1.165, 1.54) is 22.7 Å². The second-order valence-electron chi connectivity index (χ2n) is 8.59. The lowest BCUT2D eigenvalue weighted by Gasteiger charge is -2.36. The van der Waals surface area contributed by atoms with Gasteiger partial charge in [-0.2, -0.15) is 0 Å². The normalized spacial score (nSPS) is 14.6. The summed E-state index contributed by atoms with van der Waals surface area (Å²) in [5, 5.41) is 4.54. The Kier molecular flexibility index (Phi) is 6.92. The van der Waals surface area contributed by atoms with E-state index in [4.69, 9.17) is 9.47 Å². The molecule has 0 amide bonds. The molecule has 0 saturated carbocycles. The number of hydrogen-bond acceptors (Lipinski definition) is 7. The van der Waals surface area contributed by atoms with Crippen LogP contribution in [0, 0.1) is 0 Å². The van der Waals surface area contributed by atoms with Crippen LogP contribution < -0.4 is 14.4 Å². The molecular formula is C27H31N3O3S. The molecule has 0 atom stereocenters. The number of nitrogens with zero attached hydrogens (tertiary/aromatic N) is 3. The number of esters is 1. The summed E-state index contributed by atoms with van der Waals surface area (Å²) in [6.45, 7) is 7.50. The summed E-state index contributed by atoms with van der Waals surface area (Å²) < 4.78 is 12.4. The summed E-state index contributed by atoms with van der Waals surface area (Å²) in [6, 6.07) is 18.3. The van der Waals surface area contributed by atoms with Gasteiger partial charge in [-0.05, 0) is 61.2 Å². The molecule has 0 unspecified atom stereocenters. The second-order valence-corrected chi connectivity index (χ2v) is 9.54. The third-order valence-electron chi connectivity index (χ3n) is 6.21. The first kappa shape index (κ1) is 22.6. The minimum atomic E-state index is -0.375. The number of piperazine rings is 1. The van der Waals surface area contributed by atoms with Gasteiger partial charge in [-0.25, -0.2) is 4.98 Å². The van der Waals surface area contributed by atoms with Gasteiger partial charge in [0.25, 0.3) is 0 Å². The summed E-state index contributed by atoms with van der Waals surface area (Å²) >= 11 is 1.81. The molecule has 2 aromatic heterocycles. The largest absolute Gasteiger partial charge is 0.494 e. The minimum absolute atomic E-state index is 0. The Morgan fingerprint density at radius 3 is 2.76 bits per heavy atom. The number of carbonyl (C=O) groups is 1. The van der Waals surface area contributed by atoms with Gasteiger partial charge in [0.2, 0.25) is 5.88 Å². The van der Waals surface area contributed by atoms with Crippen molar-refractivity contribution >= 4 is 44.0 Å². The maximum atomic E-state index is 11.2. The molecule has 0 radical (unpaired) electrons. The van der Waals surface area contributed by atoms with E-state index in [1.54, 1.807) is 6.07 Å². The molecule has 3 heterocycles. The van der Waals surface area contributed by atoms with Crippen LogP contribution in [0.1, 0.15) is 21.2 Å². The highest BCUT2D eigenvalue weighted by Gasteiger charge is 2.18. The quantitative estimate of drug-likeness (QED) is 0.243. The summed E-state index contributed by atoms with van der Waals surface area (Å²) in [5.41, 5.74) is 2.13. The number of thiophene rings is 1. The van der Waals surface area contributed by atoms with Crippen molar-refractivity contribution in [2.75, 3.05) is 44.2 Å². The van der Waals surface area contributed by atoms with Crippen molar-refractivity contribution in [3.8, 4) is 11.6 Å². The highest BCUT2D eigenvalue weighted by molar-refractivity contribution is 7.17. The van der Waals surface area contributed by atoms with Gasteiger partial charge in [0.05, 0.1) is 12.1 Å². The van der Waals surface area contributed by atoms with Crippen LogP contribution in [-0.4, -0.2) is 55.2 Å². The first-order valence-corrected chi connectivity index (χ1v) is 12.7. The van der Waals surface area contributed by atoms with Gasteiger partial charge in [0.1, 0.15) is 5.75 Å². The molecule has 0 aliphatic carbocycles. The number of aromatic nitrogens is 1. The van der Waals surface area contributed by atoms with Crippen LogP contribution in [-0.2, 0) is 4.79 Å². The van der Waals surface area contributed by atoms with Crippen molar-refractivity contribution in [3.05, 3.63) is 60.0 Å². The monoisotopic (exact) mass is 477 g/mol. The first-order chi connectivity index (χ1) is 16.7. The third-order valence-corrected chi connectivity index (χ3v) is 7.09. The number of hydrogen-bond donors (Lipinski definition) is 0. The number of benzene rings is 2. The molecule has 0 bridgehead atoms. The number of pyridine rings is 1. The molecule has 6 nitrogen and oxygen atoms in total. The molecule has 1 aliphatic heterocycles. The zero-order valence-electron chi connectivity index (χ0n) is 19.4. The van der Waals surface area contributed by atoms with Gasteiger partial charge in [0.15, 0.2) is 0 Å². The average molecular weight is 478 g/mol.